The van der Waals surface area contributed by atoms with Crippen LogP contribution in [0.5, 0.6) is 0 Å². The Morgan fingerprint density at radius 1 is 0.952 bits per heavy atom. The van der Waals surface area contributed by atoms with Crippen molar-refractivity contribution in [2.24, 2.45) is 11.3 Å². The lowest BCUT2D eigenvalue weighted by molar-refractivity contribution is -0.150. The zero-order valence-electron chi connectivity index (χ0n) is 13.4. The SMILES string of the molecule is OCC1(CN2CCCC(CN3CCCCCC3)C2)COC1. The average Bonchev–Trinajstić information content (AvgIpc) is 2.72. The quantitative estimate of drug-likeness (QED) is 0.836. The smallest absolute Gasteiger partial charge is 0.0579 e. The summed E-state index contributed by atoms with van der Waals surface area (Å²) in [7, 11) is 0. The van der Waals surface area contributed by atoms with Gasteiger partial charge in [-0.05, 0) is 51.2 Å². The van der Waals surface area contributed by atoms with E-state index in [4.69, 9.17) is 4.74 Å². The van der Waals surface area contributed by atoms with Crippen LogP contribution in [0.3, 0.4) is 0 Å². The third-order valence-corrected chi connectivity index (χ3v) is 5.53. The number of nitrogens with zero attached hydrogens (tertiary/aromatic N) is 2. The van der Waals surface area contributed by atoms with E-state index in [1.807, 2.05) is 0 Å². The number of hydrogen-bond donors (Lipinski definition) is 1. The second-order valence-electron chi connectivity index (χ2n) is 7.61. The van der Waals surface area contributed by atoms with Gasteiger partial charge in [0.05, 0.1) is 25.2 Å². The van der Waals surface area contributed by atoms with Crippen LogP contribution in [-0.2, 0) is 4.74 Å². The van der Waals surface area contributed by atoms with Crippen molar-refractivity contribution in [1.82, 2.24) is 9.80 Å². The van der Waals surface area contributed by atoms with Crippen LogP contribution >= 0.6 is 0 Å². The summed E-state index contributed by atoms with van der Waals surface area (Å²) in [5.41, 5.74) is 0.0461. The molecule has 3 aliphatic rings. The van der Waals surface area contributed by atoms with Gasteiger partial charge in [-0.1, -0.05) is 12.8 Å². The highest BCUT2D eigenvalue weighted by Crippen LogP contribution is 2.30. The maximum atomic E-state index is 9.61. The first-order chi connectivity index (χ1) is 10.3. The van der Waals surface area contributed by atoms with E-state index >= 15 is 0 Å². The summed E-state index contributed by atoms with van der Waals surface area (Å²) < 4.78 is 5.34. The van der Waals surface area contributed by atoms with E-state index in [1.165, 1.54) is 71.2 Å². The van der Waals surface area contributed by atoms with Gasteiger partial charge in [0.25, 0.3) is 0 Å². The molecule has 3 aliphatic heterocycles. The van der Waals surface area contributed by atoms with Crippen molar-refractivity contribution in [2.45, 2.75) is 38.5 Å². The van der Waals surface area contributed by atoms with E-state index in [0.29, 0.717) is 0 Å². The first-order valence-electron chi connectivity index (χ1n) is 8.93. The average molecular weight is 296 g/mol. The van der Waals surface area contributed by atoms with Gasteiger partial charge in [-0.3, -0.25) is 0 Å². The summed E-state index contributed by atoms with van der Waals surface area (Å²) in [4.78, 5) is 5.29. The van der Waals surface area contributed by atoms with Crippen LogP contribution in [0, 0.1) is 11.3 Å². The van der Waals surface area contributed by atoms with Gasteiger partial charge in [-0.25, -0.2) is 0 Å². The summed E-state index contributed by atoms with van der Waals surface area (Å²) in [6.45, 7) is 9.14. The lowest BCUT2D eigenvalue weighted by Crippen LogP contribution is -2.55. The van der Waals surface area contributed by atoms with Crippen LogP contribution in [0.25, 0.3) is 0 Å². The molecule has 4 nitrogen and oxygen atoms in total. The van der Waals surface area contributed by atoms with Gasteiger partial charge in [-0.2, -0.15) is 0 Å². The van der Waals surface area contributed by atoms with Crippen LogP contribution < -0.4 is 0 Å². The molecule has 3 fully saturated rings. The van der Waals surface area contributed by atoms with Crippen molar-refractivity contribution in [2.75, 3.05) is 59.1 Å². The van der Waals surface area contributed by atoms with Crippen molar-refractivity contribution in [3.8, 4) is 0 Å². The molecule has 0 spiro atoms. The molecule has 4 heteroatoms. The molecule has 0 aromatic heterocycles. The number of piperidine rings is 1. The van der Waals surface area contributed by atoms with Gasteiger partial charge in [-0.15, -0.1) is 0 Å². The fourth-order valence-electron chi connectivity index (χ4n) is 4.23. The summed E-state index contributed by atoms with van der Waals surface area (Å²) >= 11 is 0. The van der Waals surface area contributed by atoms with Crippen molar-refractivity contribution in [3.05, 3.63) is 0 Å². The molecule has 21 heavy (non-hydrogen) atoms. The molecule has 1 unspecified atom stereocenters. The minimum atomic E-state index is 0.0461. The van der Waals surface area contributed by atoms with E-state index in [0.717, 1.165) is 25.7 Å². The number of rotatable bonds is 5. The minimum Gasteiger partial charge on any atom is -0.396 e. The van der Waals surface area contributed by atoms with E-state index < -0.39 is 0 Å². The molecule has 3 saturated heterocycles. The molecule has 3 rings (SSSR count). The van der Waals surface area contributed by atoms with Gasteiger partial charge < -0.3 is 19.6 Å². The second-order valence-corrected chi connectivity index (χ2v) is 7.61. The Labute approximate surface area is 129 Å². The first-order valence-corrected chi connectivity index (χ1v) is 8.93. The maximum Gasteiger partial charge on any atom is 0.0579 e. The zero-order valence-corrected chi connectivity index (χ0v) is 13.4. The standard InChI is InChI=1S/C17H32N2O2/c20-13-17(14-21-15-17)12-19-9-5-6-16(11-19)10-18-7-3-1-2-4-8-18/h16,20H,1-15H2. The number of aliphatic hydroxyl groups is 1. The number of aliphatic hydroxyl groups excluding tert-OH is 1. The van der Waals surface area contributed by atoms with Crippen molar-refractivity contribution < 1.29 is 9.84 Å². The highest BCUT2D eigenvalue weighted by molar-refractivity contribution is 4.90. The highest BCUT2D eigenvalue weighted by Gasteiger charge is 2.40. The maximum absolute atomic E-state index is 9.61. The van der Waals surface area contributed by atoms with E-state index in [-0.39, 0.29) is 12.0 Å². The normalized spacial score (nSPS) is 31.6. The highest BCUT2D eigenvalue weighted by atomic mass is 16.5. The Hall–Kier alpha value is -0.160. The number of ether oxygens (including phenoxy) is 1. The molecular weight excluding hydrogens is 264 g/mol. The van der Waals surface area contributed by atoms with E-state index in [1.54, 1.807) is 0 Å². The zero-order chi connectivity index (χ0) is 14.5. The Morgan fingerprint density at radius 2 is 1.67 bits per heavy atom. The van der Waals surface area contributed by atoms with Crippen molar-refractivity contribution in [3.63, 3.8) is 0 Å². The van der Waals surface area contributed by atoms with Crippen molar-refractivity contribution >= 4 is 0 Å². The van der Waals surface area contributed by atoms with Crippen molar-refractivity contribution in [1.29, 1.82) is 0 Å². The van der Waals surface area contributed by atoms with Gasteiger partial charge in [0.2, 0.25) is 0 Å². The Balaban J connectivity index is 1.46. The molecule has 0 radical (unpaired) electrons. The molecule has 0 saturated carbocycles. The molecule has 1 N–H and O–H groups in total. The first kappa shape index (κ1) is 15.7. The Morgan fingerprint density at radius 3 is 2.29 bits per heavy atom. The minimum absolute atomic E-state index is 0.0461. The van der Waals surface area contributed by atoms with Crippen LogP contribution in [0.15, 0.2) is 0 Å². The molecule has 0 aliphatic carbocycles. The molecule has 1 atom stereocenters. The summed E-state index contributed by atoms with van der Waals surface area (Å²) in [5.74, 6) is 0.827. The lowest BCUT2D eigenvalue weighted by Gasteiger charge is -2.45. The lowest BCUT2D eigenvalue weighted by atomic mass is 9.85. The van der Waals surface area contributed by atoms with Crippen LogP contribution in [0.2, 0.25) is 0 Å². The predicted molar refractivity (Wildman–Crippen MR) is 84.4 cm³/mol. The largest absolute Gasteiger partial charge is 0.396 e. The second kappa shape index (κ2) is 7.40. The third-order valence-electron chi connectivity index (χ3n) is 5.53. The number of likely N-dealkylation sites (tertiary alicyclic amines) is 2. The van der Waals surface area contributed by atoms with Gasteiger partial charge in [0.1, 0.15) is 0 Å². The summed E-state index contributed by atoms with van der Waals surface area (Å²) in [6.07, 6.45) is 8.33. The fourth-order valence-corrected chi connectivity index (χ4v) is 4.23. The topological polar surface area (TPSA) is 35.9 Å². The molecule has 0 amide bonds. The number of hydrogen-bond acceptors (Lipinski definition) is 4. The monoisotopic (exact) mass is 296 g/mol. The fraction of sp³-hybridized carbons (Fsp3) is 1.00. The van der Waals surface area contributed by atoms with Gasteiger partial charge >= 0.3 is 0 Å². The summed E-state index contributed by atoms with van der Waals surface area (Å²) in [6, 6.07) is 0. The molecular formula is C17H32N2O2. The third kappa shape index (κ3) is 4.19. The molecule has 3 heterocycles. The molecule has 0 aromatic carbocycles. The summed E-state index contributed by atoms with van der Waals surface area (Å²) in [5, 5.41) is 9.61. The van der Waals surface area contributed by atoms with Crippen LogP contribution in [-0.4, -0.2) is 74.0 Å². The van der Waals surface area contributed by atoms with E-state index in [9.17, 15) is 5.11 Å². The van der Waals surface area contributed by atoms with E-state index in [2.05, 4.69) is 9.80 Å². The van der Waals surface area contributed by atoms with Gasteiger partial charge in [0.15, 0.2) is 0 Å². The van der Waals surface area contributed by atoms with Crippen LogP contribution in [0.1, 0.15) is 38.5 Å². The molecule has 0 bridgehead atoms. The molecule has 0 aromatic rings. The van der Waals surface area contributed by atoms with Gasteiger partial charge in [0, 0.05) is 19.6 Å². The molecule has 122 valence electrons. The Kier molecular flexibility index (Phi) is 5.54. The Bertz CT molecular complexity index is 306. The predicted octanol–water partition coefficient (Wildman–Crippen LogP) is 1.58. The van der Waals surface area contributed by atoms with Crippen LogP contribution in [0.4, 0.5) is 0 Å².